The van der Waals surface area contributed by atoms with E-state index < -0.39 is 26.1 Å². The second-order valence-electron chi connectivity index (χ2n) is 5.78. The summed E-state index contributed by atoms with van der Waals surface area (Å²) in [5.74, 6) is 0. The summed E-state index contributed by atoms with van der Waals surface area (Å²) in [7, 11) is -3.27. The lowest BCUT2D eigenvalue weighted by atomic mass is 9.67. The molecule has 6 heteroatoms. The maximum Gasteiger partial charge on any atom is 0.153 e. The van der Waals surface area contributed by atoms with Crippen LogP contribution < -0.4 is 5.73 Å². The number of aliphatic hydroxyl groups is 1. The average Bonchev–Trinajstić information content (AvgIpc) is 2.74. The molecule has 1 aliphatic carbocycles. The summed E-state index contributed by atoms with van der Waals surface area (Å²) < 4.78 is 29.3. The number of sulfone groups is 1. The Morgan fingerprint density at radius 2 is 2.11 bits per heavy atom. The molecule has 2 aliphatic rings. The Hall–Kier alpha value is -0.170. The second-order valence-corrected chi connectivity index (χ2v) is 8.00. The van der Waals surface area contributed by atoms with Gasteiger partial charge in [0.1, 0.15) is 0 Å². The lowest BCUT2D eigenvalue weighted by Crippen LogP contribution is -2.61. The average molecular weight is 277 g/mol. The fourth-order valence-electron chi connectivity index (χ4n) is 3.66. The molecule has 18 heavy (non-hydrogen) atoms. The van der Waals surface area contributed by atoms with Gasteiger partial charge in [-0.25, -0.2) is 8.42 Å². The molecule has 3 N–H and O–H groups in total. The van der Waals surface area contributed by atoms with E-state index in [1.165, 1.54) is 6.26 Å². The molecule has 2 rings (SSSR count). The van der Waals surface area contributed by atoms with Crippen LogP contribution in [0.15, 0.2) is 0 Å². The van der Waals surface area contributed by atoms with Crippen LogP contribution in [0.3, 0.4) is 0 Å². The third-order valence-corrected chi connectivity index (χ3v) is 6.36. The molecule has 0 radical (unpaired) electrons. The Kier molecular flexibility index (Phi) is 3.75. The SMILES string of the molecule is CS(=O)(=O)C1CCCC1(O)C1(CN)CCCOC1. The highest BCUT2D eigenvalue weighted by molar-refractivity contribution is 7.91. The molecule has 3 unspecified atom stereocenters. The summed E-state index contributed by atoms with van der Waals surface area (Å²) in [4.78, 5) is 0. The third-order valence-electron chi connectivity index (χ3n) is 4.71. The van der Waals surface area contributed by atoms with Gasteiger partial charge in [0.05, 0.1) is 17.5 Å². The minimum Gasteiger partial charge on any atom is -0.388 e. The zero-order valence-corrected chi connectivity index (χ0v) is 11.7. The van der Waals surface area contributed by atoms with E-state index in [2.05, 4.69) is 0 Å². The Bertz CT molecular complexity index is 402. The lowest BCUT2D eigenvalue weighted by molar-refractivity contribution is -0.137. The van der Waals surface area contributed by atoms with Crippen LogP contribution in [0.1, 0.15) is 32.1 Å². The largest absolute Gasteiger partial charge is 0.388 e. The molecular weight excluding hydrogens is 254 g/mol. The van der Waals surface area contributed by atoms with Crippen molar-refractivity contribution in [2.45, 2.75) is 43.0 Å². The Balaban J connectivity index is 2.38. The van der Waals surface area contributed by atoms with Crippen molar-refractivity contribution >= 4 is 9.84 Å². The van der Waals surface area contributed by atoms with Gasteiger partial charge in [-0.1, -0.05) is 0 Å². The zero-order valence-electron chi connectivity index (χ0n) is 10.9. The molecule has 0 amide bonds. The topological polar surface area (TPSA) is 89.6 Å². The molecule has 5 nitrogen and oxygen atoms in total. The van der Waals surface area contributed by atoms with E-state index in [0.717, 1.165) is 19.3 Å². The van der Waals surface area contributed by atoms with E-state index in [1.54, 1.807) is 0 Å². The highest BCUT2D eigenvalue weighted by Gasteiger charge is 2.59. The Morgan fingerprint density at radius 1 is 1.39 bits per heavy atom. The van der Waals surface area contributed by atoms with Crippen molar-refractivity contribution in [2.24, 2.45) is 11.1 Å². The fraction of sp³-hybridized carbons (Fsp3) is 1.00. The van der Waals surface area contributed by atoms with E-state index in [4.69, 9.17) is 10.5 Å². The first-order chi connectivity index (χ1) is 8.36. The quantitative estimate of drug-likeness (QED) is 0.762. The number of hydrogen-bond donors (Lipinski definition) is 2. The molecule has 0 aromatic rings. The van der Waals surface area contributed by atoms with Gasteiger partial charge in [-0.3, -0.25) is 0 Å². The van der Waals surface area contributed by atoms with Gasteiger partial charge in [-0.05, 0) is 32.1 Å². The van der Waals surface area contributed by atoms with E-state index in [-0.39, 0.29) is 6.54 Å². The van der Waals surface area contributed by atoms with E-state index in [1.807, 2.05) is 0 Å². The minimum atomic E-state index is -3.27. The van der Waals surface area contributed by atoms with Crippen LogP contribution >= 0.6 is 0 Å². The van der Waals surface area contributed by atoms with E-state index in [9.17, 15) is 13.5 Å². The lowest BCUT2D eigenvalue weighted by Gasteiger charge is -2.49. The van der Waals surface area contributed by atoms with Crippen molar-refractivity contribution in [1.29, 1.82) is 0 Å². The van der Waals surface area contributed by atoms with Gasteiger partial charge in [0, 0.05) is 24.8 Å². The van der Waals surface area contributed by atoms with Crippen LogP contribution in [0.25, 0.3) is 0 Å². The molecule has 1 saturated heterocycles. The van der Waals surface area contributed by atoms with Crippen molar-refractivity contribution in [3.8, 4) is 0 Å². The second kappa shape index (κ2) is 4.74. The van der Waals surface area contributed by atoms with Crippen LogP contribution in [0.4, 0.5) is 0 Å². The summed E-state index contributed by atoms with van der Waals surface area (Å²) in [5, 5.41) is 10.3. The molecule has 2 fully saturated rings. The smallest absolute Gasteiger partial charge is 0.153 e. The first kappa shape index (κ1) is 14.2. The summed E-state index contributed by atoms with van der Waals surface area (Å²) in [6.07, 6.45) is 4.54. The normalized spacial score (nSPS) is 42.1. The van der Waals surface area contributed by atoms with Gasteiger partial charge in [0.25, 0.3) is 0 Å². The molecular formula is C12H23NO4S. The van der Waals surface area contributed by atoms with Gasteiger partial charge < -0.3 is 15.6 Å². The highest BCUT2D eigenvalue weighted by Crippen LogP contribution is 2.50. The van der Waals surface area contributed by atoms with Gasteiger partial charge in [-0.2, -0.15) is 0 Å². The van der Waals surface area contributed by atoms with Gasteiger partial charge in [0.2, 0.25) is 0 Å². The van der Waals surface area contributed by atoms with Crippen molar-refractivity contribution in [2.75, 3.05) is 26.0 Å². The summed E-state index contributed by atoms with van der Waals surface area (Å²) in [6.45, 7) is 1.31. The van der Waals surface area contributed by atoms with Crippen LogP contribution in [-0.2, 0) is 14.6 Å². The van der Waals surface area contributed by atoms with Crippen LogP contribution in [0.2, 0.25) is 0 Å². The molecule has 0 aromatic heterocycles. The van der Waals surface area contributed by atoms with E-state index in [0.29, 0.717) is 26.1 Å². The Morgan fingerprint density at radius 3 is 2.61 bits per heavy atom. The van der Waals surface area contributed by atoms with Crippen LogP contribution in [-0.4, -0.2) is 50.4 Å². The standard InChI is InChI=1S/C12H23NO4S/c1-18(15,16)10-4-2-6-12(10,14)11(8-13)5-3-7-17-9-11/h10,14H,2-9,13H2,1H3. The van der Waals surface area contributed by atoms with Crippen LogP contribution in [0.5, 0.6) is 0 Å². The number of nitrogens with two attached hydrogens (primary N) is 1. The molecule has 0 aromatic carbocycles. The monoisotopic (exact) mass is 277 g/mol. The Labute approximate surface area is 109 Å². The zero-order chi connectivity index (χ0) is 13.4. The van der Waals surface area contributed by atoms with Gasteiger partial charge >= 0.3 is 0 Å². The predicted molar refractivity (Wildman–Crippen MR) is 69.0 cm³/mol. The molecule has 3 atom stereocenters. The van der Waals surface area contributed by atoms with Crippen molar-refractivity contribution in [1.82, 2.24) is 0 Å². The minimum absolute atomic E-state index is 0.273. The number of rotatable bonds is 3. The summed E-state index contributed by atoms with van der Waals surface area (Å²) >= 11 is 0. The van der Waals surface area contributed by atoms with Crippen molar-refractivity contribution in [3.05, 3.63) is 0 Å². The highest BCUT2D eigenvalue weighted by atomic mass is 32.2. The van der Waals surface area contributed by atoms with Crippen LogP contribution in [0, 0.1) is 5.41 Å². The number of hydrogen-bond acceptors (Lipinski definition) is 5. The molecule has 0 spiro atoms. The predicted octanol–water partition coefficient (Wildman–Crippen LogP) is 0.0701. The number of ether oxygens (including phenoxy) is 1. The molecule has 1 aliphatic heterocycles. The summed E-state index contributed by atoms with van der Waals surface area (Å²) in [5.41, 5.74) is 4.05. The molecule has 1 heterocycles. The first-order valence-electron chi connectivity index (χ1n) is 6.55. The molecule has 106 valence electrons. The molecule has 1 saturated carbocycles. The van der Waals surface area contributed by atoms with Gasteiger partial charge in [0.15, 0.2) is 9.84 Å². The fourth-order valence-corrected chi connectivity index (χ4v) is 5.33. The maximum absolute atomic E-state index is 11.9. The van der Waals surface area contributed by atoms with Crippen molar-refractivity contribution < 1.29 is 18.3 Å². The first-order valence-corrected chi connectivity index (χ1v) is 8.50. The van der Waals surface area contributed by atoms with Crippen molar-refractivity contribution in [3.63, 3.8) is 0 Å². The van der Waals surface area contributed by atoms with E-state index >= 15 is 0 Å². The summed E-state index contributed by atoms with van der Waals surface area (Å²) in [6, 6.07) is 0. The third kappa shape index (κ3) is 2.09. The molecule has 0 bridgehead atoms. The van der Waals surface area contributed by atoms with Gasteiger partial charge in [-0.15, -0.1) is 0 Å². The maximum atomic E-state index is 11.9.